The van der Waals surface area contributed by atoms with Crippen molar-refractivity contribution in [2.24, 2.45) is 0 Å². The maximum atomic E-state index is 6.07. The molecule has 4 nitrogen and oxygen atoms in total. The van der Waals surface area contributed by atoms with Gasteiger partial charge >= 0.3 is 0 Å². The van der Waals surface area contributed by atoms with Crippen molar-refractivity contribution in [3.63, 3.8) is 0 Å². The van der Waals surface area contributed by atoms with Gasteiger partial charge in [-0.25, -0.2) is 9.97 Å². The molecule has 2 heterocycles. The molecule has 2 aromatic heterocycles. The molecule has 0 aliphatic rings. The number of aromatic nitrogens is 3. The highest BCUT2D eigenvalue weighted by atomic mass is 35.5. The zero-order chi connectivity index (χ0) is 12.1. The van der Waals surface area contributed by atoms with Gasteiger partial charge in [-0.05, 0) is 6.42 Å². The van der Waals surface area contributed by atoms with Crippen LogP contribution in [0, 0.1) is 0 Å². The number of nitrogens with one attached hydrogen (secondary N) is 1. The second kappa shape index (κ2) is 5.93. The minimum absolute atomic E-state index is 0.536. The van der Waals surface area contributed by atoms with Crippen molar-refractivity contribution >= 4 is 28.8 Å². The van der Waals surface area contributed by atoms with Gasteiger partial charge < -0.3 is 5.32 Å². The topological polar surface area (TPSA) is 50.7 Å². The van der Waals surface area contributed by atoms with Crippen LogP contribution in [0.5, 0.6) is 0 Å². The van der Waals surface area contributed by atoms with Crippen LogP contribution >= 0.6 is 22.9 Å². The van der Waals surface area contributed by atoms with E-state index >= 15 is 0 Å². The zero-order valence-corrected chi connectivity index (χ0v) is 11.1. The number of hydrogen-bond acceptors (Lipinski definition) is 5. The normalized spacial score (nSPS) is 10.5. The van der Waals surface area contributed by atoms with E-state index in [1.165, 1.54) is 11.2 Å². The van der Waals surface area contributed by atoms with Crippen molar-refractivity contribution in [1.82, 2.24) is 15.0 Å². The zero-order valence-electron chi connectivity index (χ0n) is 9.48. The van der Waals surface area contributed by atoms with Crippen molar-refractivity contribution in [1.29, 1.82) is 0 Å². The predicted molar refractivity (Wildman–Crippen MR) is 70.5 cm³/mol. The molecule has 0 aromatic carbocycles. The number of hydrogen-bond donors (Lipinski definition) is 1. The van der Waals surface area contributed by atoms with Gasteiger partial charge in [0.25, 0.3) is 0 Å². The molecular formula is C11H13ClN4S. The lowest BCUT2D eigenvalue weighted by molar-refractivity contribution is 0.898. The van der Waals surface area contributed by atoms with Gasteiger partial charge in [0.1, 0.15) is 17.3 Å². The molecule has 17 heavy (non-hydrogen) atoms. The number of nitrogens with zero attached hydrogens (tertiary/aromatic N) is 3. The van der Waals surface area contributed by atoms with Gasteiger partial charge in [-0.1, -0.05) is 24.9 Å². The summed E-state index contributed by atoms with van der Waals surface area (Å²) in [6, 6.07) is 0. The maximum absolute atomic E-state index is 6.07. The molecule has 0 bridgehead atoms. The van der Waals surface area contributed by atoms with Gasteiger partial charge in [0.15, 0.2) is 0 Å². The van der Waals surface area contributed by atoms with E-state index in [0.29, 0.717) is 11.7 Å². The van der Waals surface area contributed by atoms with Crippen LogP contribution in [0.2, 0.25) is 5.15 Å². The molecule has 0 saturated heterocycles. The number of halogens is 1. The summed E-state index contributed by atoms with van der Waals surface area (Å²) in [6.07, 6.45) is 5.23. The standard InChI is InChI=1S/C11H13ClN4S/c1-2-3-9-10(12)15-6-16-11(9)14-5-8-4-13-7-17-8/h4,6-7H,2-3,5H2,1H3,(H,14,15,16). The van der Waals surface area contributed by atoms with E-state index in [1.54, 1.807) is 11.3 Å². The number of anilines is 1. The van der Waals surface area contributed by atoms with Crippen molar-refractivity contribution in [3.8, 4) is 0 Å². The minimum Gasteiger partial charge on any atom is -0.365 e. The molecule has 1 N–H and O–H groups in total. The molecule has 0 aliphatic carbocycles. The highest BCUT2D eigenvalue weighted by molar-refractivity contribution is 7.09. The monoisotopic (exact) mass is 268 g/mol. The van der Waals surface area contributed by atoms with Gasteiger partial charge in [-0.2, -0.15) is 0 Å². The first-order valence-corrected chi connectivity index (χ1v) is 6.67. The van der Waals surface area contributed by atoms with E-state index in [1.807, 2.05) is 11.7 Å². The third-order valence-corrected chi connectivity index (χ3v) is 3.41. The van der Waals surface area contributed by atoms with Crippen molar-refractivity contribution in [2.45, 2.75) is 26.3 Å². The molecule has 0 aliphatic heterocycles. The summed E-state index contributed by atoms with van der Waals surface area (Å²) in [5.41, 5.74) is 2.80. The lowest BCUT2D eigenvalue weighted by atomic mass is 10.2. The molecule has 0 fully saturated rings. The molecule has 0 spiro atoms. The van der Waals surface area contributed by atoms with Gasteiger partial charge in [0.2, 0.25) is 0 Å². The highest BCUT2D eigenvalue weighted by Crippen LogP contribution is 2.22. The Morgan fingerprint density at radius 1 is 1.41 bits per heavy atom. The SMILES string of the molecule is CCCc1c(Cl)ncnc1NCc1cncs1. The fraction of sp³-hybridized carbons (Fsp3) is 0.364. The quantitative estimate of drug-likeness (QED) is 0.847. The van der Waals surface area contributed by atoms with Crippen LogP contribution in [0.1, 0.15) is 23.8 Å². The van der Waals surface area contributed by atoms with E-state index in [4.69, 9.17) is 11.6 Å². The molecule has 0 amide bonds. The lowest BCUT2D eigenvalue weighted by Crippen LogP contribution is -2.05. The molecule has 0 radical (unpaired) electrons. The first-order valence-electron chi connectivity index (χ1n) is 5.42. The summed E-state index contributed by atoms with van der Waals surface area (Å²) in [5, 5.41) is 3.81. The molecule has 2 rings (SSSR count). The smallest absolute Gasteiger partial charge is 0.137 e. The molecule has 0 unspecified atom stereocenters. The Labute approximate surface area is 109 Å². The Hall–Kier alpha value is -1.20. The van der Waals surface area contributed by atoms with Crippen molar-refractivity contribution in [2.75, 3.05) is 5.32 Å². The van der Waals surface area contributed by atoms with E-state index in [-0.39, 0.29) is 0 Å². The fourth-order valence-electron chi connectivity index (χ4n) is 1.51. The van der Waals surface area contributed by atoms with Gasteiger partial charge in [0, 0.05) is 16.6 Å². The summed E-state index contributed by atoms with van der Waals surface area (Å²) >= 11 is 7.68. The molecule has 90 valence electrons. The second-order valence-corrected chi connectivity index (χ2v) is 4.89. The average molecular weight is 269 g/mol. The van der Waals surface area contributed by atoms with Crippen LogP contribution in [0.4, 0.5) is 5.82 Å². The van der Waals surface area contributed by atoms with E-state index in [2.05, 4.69) is 27.2 Å². The van der Waals surface area contributed by atoms with Crippen LogP contribution in [0.3, 0.4) is 0 Å². The third-order valence-electron chi connectivity index (χ3n) is 2.31. The number of thiazole rings is 1. The first kappa shape index (κ1) is 12.3. The Balaban J connectivity index is 2.11. The lowest BCUT2D eigenvalue weighted by Gasteiger charge is -2.10. The molecular weight excluding hydrogens is 256 g/mol. The van der Waals surface area contributed by atoms with Crippen LogP contribution < -0.4 is 5.32 Å². The maximum Gasteiger partial charge on any atom is 0.137 e. The average Bonchev–Trinajstić information content (AvgIpc) is 2.83. The Kier molecular flexibility index (Phi) is 4.28. The summed E-state index contributed by atoms with van der Waals surface area (Å²) in [4.78, 5) is 13.4. The Bertz CT molecular complexity index is 472. The number of rotatable bonds is 5. The predicted octanol–water partition coefficient (Wildman–Crippen LogP) is 3.15. The molecule has 0 saturated carbocycles. The van der Waals surface area contributed by atoms with Gasteiger partial charge in [-0.15, -0.1) is 11.3 Å². The van der Waals surface area contributed by atoms with Crippen molar-refractivity contribution in [3.05, 3.63) is 33.6 Å². The van der Waals surface area contributed by atoms with Gasteiger partial charge in [0.05, 0.1) is 12.1 Å². The minimum atomic E-state index is 0.536. The fourth-order valence-corrected chi connectivity index (χ4v) is 2.28. The van der Waals surface area contributed by atoms with Crippen LogP contribution in [-0.2, 0) is 13.0 Å². The van der Waals surface area contributed by atoms with E-state index in [0.717, 1.165) is 24.2 Å². The molecule has 0 atom stereocenters. The molecule has 2 aromatic rings. The van der Waals surface area contributed by atoms with Crippen LogP contribution in [-0.4, -0.2) is 15.0 Å². The van der Waals surface area contributed by atoms with Crippen LogP contribution in [0.15, 0.2) is 18.0 Å². The second-order valence-electron chi connectivity index (χ2n) is 3.56. The van der Waals surface area contributed by atoms with E-state index < -0.39 is 0 Å². The largest absolute Gasteiger partial charge is 0.365 e. The highest BCUT2D eigenvalue weighted by Gasteiger charge is 2.08. The third kappa shape index (κ3) is 3.14. The summed E-state index contributed by atoms with van der Waals surface area (Å²) < 4.78 is 0. The first-order chi connectivity index (χ1) is 8.31. The summed E-state index contributed by atoms with van der Waals surface area (Å²) in [7, 11) is 0. The summed E-state index contributed by atoms with van der Waals surface area (Å²) in [6.45, 7) is 2.82. The molecule has 6 heteroatoms. The van der Waals surface area contributed by atoms with Crippen LogP contribution in [0.25, 0.3) is 0 Å². The Morgan fingerprint density at radius 2 is 2.29 bits per heavy atom. The van der Waals surface area contributed by atoms with Crippen molar-refractivity contribution < 1.29 is 0 Å². The Morgan fingerprint density at radius 3 is 3.00 bits per heavy atom. The van der Waals surface area contributed by atoms with Gasteiger partial charge in [-0.3, -0.25) is 4.98 Å². The van der Waals surface area contributed by atoms with E-state index in [9.17, 15) is 0 Å². The summed E-state index contributed by atoms with van der Waals surface area (Å²) in [5.74, 6) is 0.820.